The second kappa shape index (κ2) is 3.34. The first-order chi connectivity index (χ1) is 4.84. The van der Waals surface area contributed by atoms with Gasteiger partial charge in [-0.3, -0.25) is 0 Å². The molecular weight excluding hydrogens is 146 g/mol. The van der Waals surface area contributed by atoms with Gasteiger partial charge in [-0.2, -0.15) is 5.10 Å². The van der Waals surface area contributed by atoms with Crippen molar-refractivity contribution in [1.82, 2.24) is 5.43 Å². The maximum atomic E-state index is 10.2. The third-order valence-corrected chi connectivity index (χ3v) is 1.22. The standard InChI is InChI=1S/C6H13N3O2/c1-4(6(2,3)11)8-9-5(7)10/h11H,1-3H3,(H3,7,9,10)/b8-4-. The van der Waals surface area contributed by atoms with Crippen LogP contribution in [0.2, 0.25) is 0 Å². The maximum Gasteiger partial charge on any atom is 0.332 e. The van der Waals surface area contributed by atoms with Gasteiger partial charge in [-0.1, -0.05) is 0 Å². The van der Waals surface area contributed by atoms with E-state index in [1.807, 2.05) is 5.43 Å². The Morgan fingerprint density at radius 1 is 1.64 bits per heavy atom. The number of aliphatic hydroxyl groups is 1. The lowest BCUT2D eigenvalue weighted by molar-refractivity contribution is 0.152. The summed E-state index contributed by atoms with van der Waals surface area (Å²) >= 11 is 0. The minimum atomic E-state index is -1.03. The van der Waals surface area contributed by atoms with E-state index >= 15 is 0 Å². The first-order valence-corrected chi connectivity index (χ1v) is 3.16. The van der Waals surface area contributed by atoms with Gasteiger partial charge in [0.25, 0.3) is 0 Å². The lowest BCUT2D eigenvalue weighted by atomic mass is 10.1. The second-order valence-corrected chi connectivity index (χ2v) is 2.73. The Bertz CT molecular complexity index is 181. The summed E-state index contributed by atoms with van der Waals surface area (Å²) in [6, 6.07) is -0.742. The van der Waals surface area contributed by atoms with Crippen LogP contribution in [0.4, 0.5) is 4.79 Å². The first kappa shape index (κ1) is 9.90. The minimum Gasteiger partial charge on any atom is -0.384 e. The summed E-state index contributed by atoms with van der Waals surface area (Å²) in [6.07, 6.45) is 0. The molecule has 0 aliphatic heterocycles. The summed E-state index contributed by atoms with van der Waals surface area (Å²) in [5.74, 6) is 0. The van der Waals surface area contributed by atoms with Gasteiger partial charge in [-0.25, -0.2) is 10.2 Å². The Kier molecular flexibility index (Phi) is 3.00. The highest BCUT2D eigenvalue weighted by Crippen LogP contribution is 2.02. The van der Waals surface area contributed by atoms with E-state index < -0.39 is 11.6 Å². The summed E-state index contributed by atoms with van der Waals surface area (Å²) in [7, 11) is 0. The van der Waals surface area contributed by atoms with E-state index in [1.165, 1.54) is 0 Å². The third-order valence-electron chi connectivity index (χ3n) is 1.22. The van der Waals surface area contributed by atoms with Gasteiger partial charge in [0.1, 0.15) is 0 Å². The average Bonchev–Trinajstić information content (AvgIpc) is 1.80. The zero-order valence-electron chi connectivity index (χ0n) is 6.88. The molecule has 2 amide bonds. The second-order valence-electron chi connectivity index (χ2n) is 2.73. The molecule has 0 spiro atoms. The normalized spacial score (nSPS) is 12.9. The van der Waals surface area contributed by atoms with Crippen molar-refractivity contribution in [1.29, 1.82) is 0 Å². The zero-order valence-corrected chi connectivity index (χ0v) is 6.88. The number of primary amides is 1. The van der Waals surface area contributed by atoms with Crippen molar-refractivity contribution in [2.45, 2.75) is 26.4 Å². The molecule has 0 saturated carbocycles. The summed E-state index contributed by atoms with van der Waals surface area (Å²) < 4.78 is 0. The van der Waals surface area contributed by atoms with Crippen LogP contribution in [0.3, 0.4) is 0 Å². The number of carbonyl (C=O) groups is 1. The summed E-state index contributed by atoms with van der Waals surface area (Å²) in [4.78, 5) is 10.2. The van der Waals surface area contributed by atoms with Gasteiger partial charge in [0.05, 0.1) is 11.3 Å². The van der Waals surface area contributed by atoms with E-state index in [-0.39, 0.29) is 0 Å². The number of amides is 2. The lowest BCUT2D eigenvalue weighted by Gasteiger charge is -2.15. The van der Waals surface area contributed by atoms with Gasteiger partial charge in [0.15, 0.2) is 0 Å². The van der Waals surface area contributed by atoms with Crippen molar-refractivity contribution in [2.75, 3.05) is 0 Å². The van der Waals surface area contributed by atoms with Crippen LogP contribution >= 0.6 is 0 Å². The zero-order chi connectivity index (χ0) is 9.07. The van der Waals surface area contributed by atoms with Crippen LogP contribution in [-0.2, 0) is 0 Å². The van der Waals surface area contributed by atoms with Crippen molar-refractivity contribution < 1.29 is 9.90 Å². The molecule has 0 aromatic carbocycles. The van der Waals surface area contributed by atoms with E-state index in [2.05, 4.69) is 5.10 Å². The number of nitrogens with two attached hydrogens (primary N) is 1. The molecule has 5 nitrogen and oxygen atoms in total. The maximum absolute atomic E-state index is 10.2. The number of hydrazone groups is 1. The number of hydrogen-bond donors (Lipinski definition) is 3. The molecule has 0 saturated heterocycles. The highest BCUT2D eigenvalue weighted by molar-refractivity contribution is 5.90. The van der Waals surface area contributed by atoms with Crippen molar-refractivity contribution >= 4 is 11.7 Å². The third kappa shape index (κ3) is 4.32. The number of hydrogen-bond acceptors (Lipinski definition) is 3. The SMILES string of the molecule is C/C(=N/NC(N)=O)C(C)(C)O. The van der Waals surface area contributed by atoms with Crippen molar-refractivity contribution in [3.05, 3.63) is 0 Å². The average molecular weight is 159 g/mol. The van der Waals surface area contributed by atoms with Gasteiger partial charge in [0, 0.05) is 0 Å². The number of rotatable bonds is 2. The number of nitrogens with one attached hydrogen (secondary N) is 1. The monoisotopic (exact) mass is 159 g/mol. The smallest absolute Gasteiger partial charge is 0.332 e. The van der Waals surface area contributed by atoms with Crippen LogP contribution in [0, 0.1) is 0 Å². The predicted molar refractivity (Wildman–Crippen MR) is 42.1 cm³/mol. The van der Waals surface area contributed by atoms with Crippen molar-refractivity contribution in [3.63, 3.8) is 0 Å². The van der Waals surface area contributed by atoms with Crippen molar-refractivity contribution in [2.24, 2.45) is 10.8 Å². The fourth-order valence-corrected chi connectivity index (χ4v) is 0.276. The van der Waals surface area contributed by atoms with Gasteiger partial charge < -0.3 is 10.8 Å². The van der Waals surface area contributed by atoms with Gasteiger partial charge in [-0.05, 0) is 20.8 Å². The summed E-state index contributed by atoms with van der Waals surface area (Å²) in [5.41, 5.74) is 6.14. The summed E-state index contributed by atoms with van der Waals surface area (Å²) in [5, 5.41) is 12.8. The molecule has 0 aromatic rings. The van der Waals surface area contributed by atoms with Gasteiger partial charge in [-0.15, -0.1) is 0 Å². The number of urea groups is 1. The van der Waals surface area contributed by atoms with E-state index in [9.17, 15) is 9.90 Å². The van der Waals surface area contributed by atoms with E-state index in [0.29, 0.717) is 5.71 Å². The predicted octanol–water partition coefficient (Wildman–Crippen LogP) is -0.199. The van der Waals surface area contributed by atoms with E-state index in [4.69, 9.17) is 5.73 Å². The van der Waals surface area contributed by atoms with Gasteiger partial charge >= 0.3 is 6.03 Å². The van der Waals surface area contributed by atoms with Crippen LogP contribution in [-0.4, -0.2) is 22.5 Å². The first-order valence-electron chi connectivity index (χ1n) is 3.16. The Morgan fingerprint density at radius 2 is 2.09 bits per heavy atom. The van der Waals surface area contributed by atoms with Crippen molar-refractivity contribution in [3.8, 4) is 0 Å². The molecule has 0 fully saturated rings. The Labute approximate surface area is 65.3 Å². The molecule has 0 aromatic heterocycles. The van der Waals surface area contributed by atoms with Crippen LogP contribution in [0.25, 0.3) is 0 Å². The number of carbonyl (C=O) groups excluding carboxylic acids is 1. The molecular formula is C6H13N3O2. The van der Waals surface area contributed by atoms with Crippen LogP contribution in [0.15, 0.2) is 5.10 Å². The molecule has 0 atom stereocenters. The Morgan fingerprint density at radius 3 is 2.36 bits per heavy atom. The van der Waals surface area contributed by atoms with Gasteiger partial charge in [0.2, 0.25) is 0 Å². The fraction of sp³-hybridized carbons (Fsp3) is 0.667. The van der Waals surface area contributed by atoms with Crippen LogP contribution in [0.5, 0.6) is 0 Å². The molecule has 0 unspecified atom stereocenters. The quantitative estimate of drug-likeness (QED) is 0.385. The molecule has 11 heavy (non-hydrogen) atoms. The van der Waals surface area contributed by atoms with E-state index in [0.717, 1.165) is 0 Å². The lowest BCUT2D eigenvalue weighted by Crippen LogP contribution is -2.33. The van der Waals surface area contributed by atoms with Crippen LogP contribution < -0.4 is 11.2 Å². The Hall–Kier alpha value is -1.10. The van der Waals surface area contributed by atoms with E-state index in [1.54, 1.807) is 20.8 Å². The summed E-state index contributed by atoms with van der Waals surface area (Å²) in [6.45, 7) is 4.72. The topological polar surface area (TPSA) is 87.7 Å². The minimum absolute atomic E-state index is 0.399. The largest absolute Gasteiger partial charge is 0.384 e. The molecule has 64 valence electrons. The highest BCUT2D eigenvalue weighted by atomic mass is 16.3. The highest BCUT2D eigenvalue weighted by Gasteiger charge is 2.16. The molecule has 4 N–H and O–H groups in total. The molecule has 0 radical (unpaired) electrons. The molecule has 0 aliphatic rings. The fourth-order valence-electron chi connectivity index (χ4n) is 0.276. The molecule has 0 heterocycles. The Balaban J connectivity index is 4.12. The van der Waals surface area contributed by atoms with Crippen LogP contribution in [0.1, 0.15) is 20.8 Å². The molecule has 0 aliphatic carbocycles. The molecule has 5 heteroatoms. The molecule has 0 bridgehead atoms. The molecule has 0 rings (SSSR count). The number of nitrogens with zero attached hydrogens (tertiary/aromatic N) is 1.